The number of oxazole rings is 1. The summed E-state index contributed by atoms with van der Waals surface area (Å²) in [7, 11) is 0. The molecule has 3 heterocycles. The number of nitrogens with zero attached hydrogens (tertiary/aromatic N) is 2. The van der Waals surface area contributed by atoms with Crippen molar-refractivity contribution < 1.29 is 13.9 Å². The van der Waals surface area contributed by atoms with Crippen molar-refractivity contribution in [3.05, 3.63) is 78.0 Å². The summed E-state index contributed by atoms with van der Waals surface area (Å²) in [6.07, 6.45) is 1.28. The number of rotatable bonds is 4. The highest BCUT2D eigenvalue weighted by atomic mass is 16.5. The third-order valence-corrected chi connectivity index (χ3v) is 5.95. The standard InChI is InChI=1S/C25H23N3O3/c1-17-20(16-21-23(26-17)31-22(27-21)18-8-4-2-5-9-18)28-24(29)25(12-14-30-15-13-25)19-10-6-3-7-11-19/h2-11,16H,12-15H2,1H3,(H,28,29). The summed E-state index contributed by atoms with van der Waals surface area (Å²) in [5.74, 6) is 0.467. The summed E-state index contributed by atoms with van der Waals surface area (Å²) in [6, 6.07) is 21.5. The minimum absolute atomic E-state index is 0.0435. The minimum Gasteiger partial charge on any atom is -0.418 e. The van der Waals surface area contributed by atoms with E-state index in [1.54, 1.807) is 0 Å². The van der Waals surface area contributed by atoms with E-state index in [-0.39, 0.29) is 5.91 Å². The van der Waals surface area contributed by atoms with Crippen molar-refractivity contribution in [2.24, 2.45) is 0 Å². The van der Waals surface area contributed by atoms with Crippen molar-refractivity contribution in [1.29, 1.82) is 0 Å². The first-order valence-corrected chi connectivity index (χ1v) is 10.4. The zero-order chi connectivity index (χ0) is 21.3. The lowest BCUT2D eigenvalue weighted by molar-refractivity contribution is -0.125. The van der Waals surface area contributed by atoms with E-state index in [1.807, 2.05) is 73.7 Å². The Hall–Kier alpha value is -3.51. The Morgan fingerprint density at radius 1 is 0.968 bits per heavy atom. The van der Waals surface area contributed by atoms with E-state index in [1.165, 1.54) is 0 Å². The highest BCUT2D eigenvalue weighted by molar-refractivity contribution is 6.00. The van der Waals surface area contributed by atoms with Crippen molar-refractivity contribution in [3.8, 4) is 11.5 Å². The van der Waals surface area contributed by atoms with Crippen LogP contribution in [0.3, 0.4) is 0 Å². The lowest BCUT2D eigenvalue weighted by Gasteiger charge is -2.36. The van der Waals surface area contributed by atoms with Gasteiger partial charge in [0.2, 0.25) is 17.5 Å². The second-order valence-electron chi connectivity index (χ2n) is 7.85. The van der Waals surface area contributed by atoms with Gasteiger partial charge in [-0.3, -0.25) is 4.79 Å². The summed E-state index contributed by atoms with van der Waals surface area (Å²) in [6.45, 7) is 2.98. The Labute approximate surface area is 180 Å². The zero-order valence-electron chi connectivity index (χ0n) is 17.3. The number of benzene rings is 2. The molecule has 1 aliphatic heterocycles. The molecule has 6 nitrogen and oxygen atoms in total. The molecular formula is C25H23N3O3. The van der Waals surface area contributed by atoms with Crippen molar-refractivity contribution in [3.63, 3.8) is 0 Å². The number of fused-ring (bicyclic) bond motifs is 1. The number of aryl methyl sites for hydroxylation is 1. The molecule has 0 spiro atoms. The number of nitrogens with one attached hydrogen (secondary N) is 1. The van der Waals surface area contributed by atoms with Crippen molar-refractivity contribution in [2.75, 3.05) is 18.5 Å². The molecule has 0 atom stereocenters. The van der Waals surface area contributed by atoms with E-state index in [2.05, 4.69) is 15.3 Å². The van der Waals surface area contributed by atoms with E-state index in [4.69, 9.17) is 9.15 Å². The number of ether oxygens (including phenoxy) is 1. The second-order valence-corrected chi connectivity index (χ2v) is 7.85. The smallest absolute Gasteiger partial charge is 0.247 e. The highest BCUT2D eigenvalue weighted by Gasteiger charge is 2.41. The number of anilines is 1. The minimum atomic E-state index is -0.625. The van der Waals surface area contributed by atoms with E-state index in [0.717, 1.165) is 11.1 Å². The molecule has 0 radical (unpaired) electrons. The fraction of sp³-hybridized carbons (Fsp3) is 0.240. The van der Waals surface area contributed by atoms with Crippen LogP contribution in [0.5, 0.6) is 0 Å². The summed E-state index contributed by atoms with van der Waals surface area (Å²) in [4.78, 5) is 22.7. The Balaban J connectivity index is 1.49. The molecule has 156 valence electrons. The average Bonchev–Trinajstić information content (AvgIpc) is 3.23. The van der Waals surface area contributed by atoms with Gasteiger partial charge < -0.3 is 14.5 Å². The third kappa shape index (κ3) is 3.59. The van der Waals surface area contributed by atoms with Gasteiger partial charge in [0.1, 0.15) is 5.52 Å². The molecule has 0 saturated carbocycles. The average molecular weight is 413 g/mol. The molecular weight excluding hydrogens is 390 g/mol. The molecule has 2 aromatic heterocycles. The SMILES string of the molecule is Cc1nc2oc(-c3ccccc3)nc2cc1NC(=O)C1(c2ccccc2)CCOCC1. The summed E-state index contributed by atoms with van der Waals surface area (Å²) >= 11 is 0. The van der Waals surface area contributed by atoms with Crippen LogP contribution in [-0.4, -0.2) is 29.1 Å². The maximum atomic E-state index is 13.6. The maximum absolute atomic E-state index is 13.6. The van der Waals surface area contributed by atoms with Gasteiger partial charge in [-0.15, -0.1) is 0 Å². The first kappa shape index (κ1) is 19.5. The topological polar surface area (TPSA) is 77.3 Å². The lowest BCUT2D eigenvalue weighted by Crippen LogP contribution is -2.45. The first-order chi connectivity index (χ1) is 15.2. The predicted molar refractivity (Wildman–Crippen MR) is 119 cm³/mol. The molecule has 1 N–H and O–H groups in total. The van der Waals surface area contributed by atoms with Gasteiger partial charge in [-0.05, 0) is 43.5 Å². The number of amides is 1. The van der Waals surface area contributed by atoms with Gasteiger partial charge in [-0.1, -0.05) is 48.5 Å². The number of aromatic nitrogens is 2. The number of pyridine rings is 1. The van der Waals surface area contributed by atoms with Crippen molar-refractivity contribution >= 4 is 22.8 Å². The Morgan fingerprint density at radius 3 is 2.35 bits per heavy atom. The number of hydrogen-bond acceptors (Lipinski definition) is 5. The fourth-order valence-corrected chi connectivity index (χ4v) is 4.15. The van der Waals surface area contributed by atoms with Crippen molar-refractivity contribution in [2.45, 2.75) is 25.2 Å². The van der Waals surface area contributed by atoms with Gasteiger partial charge in [0.05, 0.1) is 16.8 Å². The summed E-state index contributed by atoms with van der Waals surface area (Å²) < 4.78 is 11.4. The van der Waals surface area contributed by atoms with Gasteiger partial charge in [-0.25, -0.2) is 9.97 Å². The van der Waals surface area contributed by atoms with E-state index < -0.39 is 5.41 Å². The summed E-state index contributed by atoms with van der Waals surface area (Å²) in [5, 5.41) is 3.12. The van der Waals surface area contributed by atoms with Crippen LogP contribution in [0.25, 0.3) is 22.7 Å². The summed E-state index contributed by atoms with van der Waals surface area (Å²) in [5.41, 5.74) is 3.67. The molecule has 5 rings (SSSR count). The number of hydrogen-bond donors (Lipinski definition) is 1. The quantitative estimate of drug-likeness (QED) is 0.516. The van der Waals surface area contributed by atoms with Crippen LogP contribution in [0.15, 0.2) is 71.1 Å². The molecule has 0 unspecified atom stereocenters. The number of carbonyl (C=O) groups is 1. The zero-order valence-corrected chi connectivity index (χ0v) is 17.3. The second kappa shape index (κ2) is 7.96. The third-order valence-electron chi connectivity index (χ3n) is 5.95. The fourth-order valence-electron chi connectivity index (χ4n) is 4.15. The Kier molecular flexibility index (Phi) is 5.00. The molecule has 1 fully saturated rings. The van der Waals surface area contributed by atoms with Gasteiger partial charge in [0, 0.05) is 18.8 Å². The van der Waals surface area contributed by atoms with Crippen LogP contribution < -0.4 is 5.32 Å². The molecule has 31 heavy (non-hydrogen) atoms. The number of carbonyl (C=O) groups excluding carboxylic acids is 1. The normalized spacial score (nSPS) is 15.6. The molecule has 1 amide bonds. The van der Waals surface area contributed by atoms with Crippen LogP contribution in [0.4, 0.5) is 5.69 Å². The highest BCUT2D eigenvalue weighted by Crippen LogP contribution is 2.36. The molecule has 0 aliphatic carbocycles. The van der Waals surface area contributed by atoms with Gasteiger partial charge in [-0.2, -0.15) is 0 Å². The molecule has 1 aliphatic rings. The van der Waals surface area contributed by atoms with E-state index in [9.17, 15) is 4.79 Å². The largest absolute Gasteiger partial charge is 0.418 e. The van der Waals surface area contributed by atoms with Crippen LogP contribution in [-0.2, 0) is 14.9 Å². The van der Waals surface area contributed by atoms with Gasteiger partial charge in [0.15, 0.2) is 0 Å². The van der Waals surface area contributed by atoms with Crippen LogP contribution in [0.2, 0.25) is 0 Å². The monoisotopic (exact) mass is 413 g/mol. The maximum Gasteiger partial charge on any atom is 0.247 e. The molecule has 6 heteroatoms. The Bertz CT molecular complexity index is 1210. The van der Waals surface area contributed by atoms with E-state index in [0.29, 0.717) is 54.6 Å². The Morgan fingerprint density at radius 2 is 1.65 bits per heavy atom. The lowest BCUT2D eigenvalue weighted by atomic mass is 9.73. The van der Waals surface area contributed by atoms with Crippen LogP contribution >= 0.6 is 0 Å². The molecule has 4 aromatic rings. The molecule has 1 saturated heterocycles. The van der Waals surface area contributed by atoms with Gasteiger partial charge in [0.25, 0.3) is 0 Å². The van der Waals surface area contributed by atoms with Crippen molar-refractivity contribution in [1.82, 2.24) is 9.97 Å². The van der Waals surface area contributed by atoms with Crippen LogP contribution in [0, 0.1) is 6.92 Å². The molecule has 2 aromatic carbocycles. The predicted octanol–water partition coefficient (Wildman–Crippen LogP) is 4.89. The van der Waals surface area contributed by atoms with E-state index >= 15 is 0 Å². The first-order valence-electron chi connectivity index (χ1n) is 10.4. The molecule has 0 bridgehead atoms. The van der Waals surface area contributed by atoms with Gasteiger partial charge >= 0.3 is 0 Å². The van der Waals surface area contributed by atoms with Crippen LogP contribution in [0.1, 0.15) is 24.1 Å².